The van der Waals surface area contributed by atoms with E-state index in [1.807, 2.05) is 0 Å². The maximum absolute atomic E-state index is 12.8. The summed E-state index contributed by atoms with van der Waals surface area (Å²) in [5.41, 5.74) is 1.75. The first-order chi connectivity index (χ1) is 10.1. The van der Waals surface area contributed by atoms with Crippen LogP contribution in [0.2, 0.25) is 5.02 Å². The molecule has 0 radical (unpaired) electrons. The Morgan fingerprint density at radius 1 is 1.33 bits per heavy atom. The van der Waals surface area contributed by atoms with Crippen LogP contribution in [0.1, 0.15) is 10.4 Å². The topological polar surface area (TPSA) is 58.6 Å². The Balaban J connectivity index is 1.71. The zero-order chi connectivity index (χ0) is 14.8. The molecule has 0 amide bonds. The minimum absolute atomic E-state index is 0.0913. The average Bonchev–Trinajstić information content (AvgIpc) is 2.87. The molecule has 0 fully saturated rings. The lowest BCUT2D eigenvalue weighted by Gasteiger charge is -1.99. The molecule has 1 N–H and O–H groups in total. The number of Topliss-reactive ketones (excluding diaryl/α,β-unsaturated/α-hetero) is 1. The normalized spacial score (nSPS) is 11.0. The number of pyridine rings is 1. The van der Waals surface area contributed by atoms with Crippen molar-refractivity contribution in [1.82, 2.24) is 15.0 Å². The van der Waals surface area contributed by atoms with Gasteiger partial charge < -0.3 is 4.98 Å². The van der Waals surface area contributed by atoms with Gasteiger partial charge in [0.25, 0.3) is 0 Å². The second-order valence-corrected chi connectivity index (χ2v) is 5.69. The monoisotopic (exact) mass is 321 g/mol. The van der Waals surface area contributed by atoms with E-state index in [2.05, 4.69) is 15.0 Å². The second-order valence-electron chi connectivity index (χ2n) is 4.29. The van der Waals surface area contributed by atoms with Crippen LogP contribution in [-0.2, 0) is 0 Å². The third-order valence-electron chi connectivity index (χ3n) is 2.79. The molecule has 4 nitrogen and oxygen atoms in total. The Hall–Kier alpha value is -1.92. The second kappa shape index (κ2) is 5.83. The Kier molecular flexibility index (Phi) is 3.90. The number of fused-ring (bicyclic) bond motifs is 1. The smallest absolute Gasteiger partial charge is 0.178 e. The summed E-state index contributed by atoms with van der Waals surface area (Å²) in [4.78, 5) is 23.4. The number of carbonyl (C=O) groups excluding carboxylic acids is 1. The van der Waals surface area contributed by atoms with Gasteiger partial charge in [0.15, 0.2) is 16.6 Å². The Morgan fingerprint density at radius 3 is 2.86 bits per heavy atom. The zero-order valence-electron chi connectivity index (χ0n) is 10.6. The van der Waals surface area contributed by atoms with Crippen molar-refractivity contribution in [1.29, 1.82) is 0 Å². The van der Waals surface area contributed by atoms with E-state index in [-0.39, 0.29) is 17.4 Å². The van der Waals surface area contributed by atoms with Crippen LogP contribution in [0.25, 0.3) is 11.2 Å². The van der Waals surface area contributed by atoms with E-state index in [0.717, 1.165) is 5.52 Å². The van der Waals surface area contributed by atoms with Crippen LogP contribution < -0.4 is 0 Å². The molecule has 106 valence electrons. The van der Waals surface area contributed by atoms with Crippen LogP contribution in [-0.4, -0.2) is 26.5 Å². The number of halogens is 2. The van der Waals surface area contributed by atoms with Crippen molar-refractivity contribution in [3.63, 3.8) is 0 Å². The van der Waals surface area contributed by atoms with E-state index in [1.165, 1.54) is 42.2 Å². The molecule has 21 heavy (non-hydrogen) atoms. The van der Waals surface area contributed by atoms with E-state index in [0.29, 0.717) is 21.4 Å². The van der Waals surface area contributed by atoms with Gasteiger partial charge in [-0.1, -0.05) is 23.4 Å². The van der Waals surface area contributed by atoms with E-state index in [1.54, 1.807) is 6.07 Å². The molecule has 2 aromatic heterocycles. The first-order valence-electron chi connectivity index (χ1n) is 6.04. The molecule has 0 bridgehead atoms. The van der Waals surface area contributed by atoms with Gasteiger partial charge in [0.1, 0.15) is 5.82 Å². The van der Waals surface area contributed by atoms with Crippen LogP contribution in [0.15, 0.2) is 41.7 Å². The molecule has 0 saturated heterocycles. The van der Waals surface area contributed by atoms with Crippen LogP contribution in [0.4, 0.5) is 4.39 Å². The number of ketones is 1. The molecular weight excluding hydrogens is 313 g/mol. The lowest BCUT2D eigenvalue weighted by atomic mass is 10.1. The van der Waals surface area contributed by atoms with Gasteiger partial charge >= 0.3 is 0 Å². The molecule has 0 aliphatic heterocycles. The number of benzene rings is 1. The molecule has 0 spiro atoms. The molecule has 0 aliphatic carbocycles. The zero-order valence-corrected chi connectivity index (χ0v) is 12.2. The van der Waals surface area contributed by atoms with Gasteiger partial charge in [-0.25, -0.2) is 14.4 Å². The molecule has 1 aromatic carbocycles. The van der Waals surface area contributed by atoms with E-state index in [9.17, 15) is 9.18 Å². The van der Waals surface area contributed by atoms with E-state index in [4.69, 9.17) is 11.6 Å². The summed E-state index contributed by atoms with van der Waals surface area (Å²) in [6.07, 6.45) is 1.52. The molecule has 0 unspecified atom stereocenters. The molecule has 0 saturated carbocycles. The van der Waals surface area contributed by atoms with Crippen molar-refractivity contribution in [3.05, 3.63) is 52.9 Å². The van der Waals surface area contributed by atoms with Crippen LogP contribution in [0, 0.1) is 5.82 Å². The highest BCUT2D eigenvalue weighted by atomic mass is 35.5. The Bertz CT molecular complexity index is 804. The van der Waals surface area contributed by atoms with Crippen molar-refractivity contribution in [2.24, 2.45) is 0 Å². The van der Waals surface area contributed by atoms with E-state index < -0.39 is 0 Å². The van der Waals surface area contributed by atoms with Crippen molar-refractivity contribution in [3.8, 4) is 0 Å². The van der Waals surface area contributed by atoms with Crippen molar-refractivity contribution >= 4 is 40.3 Å². The number of hydrogen-bond acceptors (Lipinski definition) is 4. The number of aromatic nitrogens is 3. The summed E-state index contributed by atoms with van der Waals surface area (Å²) in [6, 6.07) is 7.20. The van der Waals surface area contributed by atoms with Gasteiger partial charge in [-0.2, -0.15) is 0 Å². The minimum atomic E-state index is -0.362. The van der Waals surface area contributed by atoms with Crippen LogP contribution >= 0.6 is 23.4 Å². The fraction of sp³-hybridized carbons (Fsp3) is 0.0714. The highest BCUT2D eigenvalue weighted by molar-refractivity contribution is 7.99. The number of aromatic amines is 1. The van der Waals surface area contributed by atoms with Gasteiger partial charge in [-0.15, -0.1) is 0 Å². The van der Waals surface area contributed by atoms with Gasteiger partial charge in [-0.05, 0) is 30.3 Å². The Labute approximate surface area is 128 Å². The summed E-state index contributed by atoms with van der Waals surface area (Å²) < 4.78 is 12.8. The third kappa shape index (κ3) is 3.22. The maximum Gasteiger partial charge on any atom is 0.178 e. The number of thioether (sulfide) groups is 1. The van der Waals surface area contributed by atoms with Crippen molar-refractivity contribution in [2.75, 3.05) is 5.75 Å². The van der Waals surface area contributed by atoms with E-state index >= 15 is 0 Å². The number of hydrogen-bond donors (Lipinski definition) is 1. The number of nitrogens with zero attached hydrogens (tertiary/aromatic N) is 2. The molecule has 7 heteroatoms. The lowest BCUT2D eigenvalue weighted by Crippen LogP contribution is -2.02. The molecule has 0 atom stereocenters. The Morgan fingerprint density at radius 2 is 2.10 bits per heavy atom. The SMILES string of the molecule is O=C(CSc1nc2ncc(Cl)cc2[nH]1)c1ccc(F)cc1. The molecular formula is C14H9ClFN3OS. The quantitative estimate of drug-likeness (QED) is 0.587. The summed E-state index contributed by atoms with van der Waals surface area (Å²) in [5.74, 6) is -0.245. The summed E-state index contributed by atoms with van der Waals surface area (Å²) in [5, 5.41) is 1.11. The highest BCUT2D eigenvalue weighted by Gasteiger charge is 2.10. The maximum atomic E-state index is 12.8. The van der Waals surface area contributed by atoms with Gasteiger partial charge in [0, 0.05) is 11.8 Å². The number of rotatable bonds is 4. The molecule has 0 aliphatic rings. The first-order valence-corrected chi connectivity index (χ1v) is 7.41. The summed E-state index contributed by atoms with van der Waals surface area (Å²) in [7, 11) is 0. The number of carbonyl (C=O) groups is 1. The molecule has 3 rings (SSSR count). The van der Waals surface area contributed by atoms with Crippen LogP contribution in [0.3, 0.4) is 0 Å². The lowest BCUT2D eigenvalue weighted by molar-refractivity contribution is 0.102. The van der Waals surface area contributed by atoms with Gasteiger partial charge in [-0.3, -0.25) is 4.79 Å². The number of nitrogens with one attached hydrogen (secondary N) is 1. The van der Waals surface area contributed by atoms with Gasteiger partial charge in [0.05, 0.1) is 16.3 Å². The standard InChI is InChI=1S/C14H9ClFN3OS/c15-9-5-11-13(17-6-9)19-14(18-11)21-7-12(20)8-1-3-10(16)4-2-8/h1-6H,7H2,(H,17,18,19). The minimum Gasteiger partial charge on any atom is -0.331 e. The largest absolute Gasteiger partial charge is 0.331 e. The predicted molar refractivity (Wildman–Crippen MR) is 80.4 cm³/mol. The molecule has 2 heterocycles. The average molecular weight is 322 g/mol. The predicted octanol–water partition coefficient (Wildman–Crippen LogP) is 3.73. The summed E-state index contributed by atoms with van der Waals surface area (Å²) >= 11 is 7.11. The molecule has 3 aromatic rings. The fourth-order valence-electron chi connectivity index (χ4n) is 1.77. The fourth-order valence-corrected chi connectivity index (χ4v) is 2.70. The van der Waals surface area contributed by atoms with Crippen molar-refractivity contribution < 1.29 is 9.18 Å². The number of H-pyrrole nitrogens is 1. The van der Waals surface area contributed by atoms with Crippen LogP contribution in [0.5, 0.6) is 0 Å². The first kappa shape index (κ1) is 14.0. The summed E-state index contributed by atoms with van der Waals surface area (Å²) in [6.45, 7) is 0. The third-order valence-corrected chi connectivity index (χ3v) is 3.87. The van der Waals surface area contributed by atoms with Crippen molar-refractivity contribution in [2.45, 2.75) is 5.16 Å². The highest BCUT2D eigenvalue weighted by Crippen LogP contribution is 2.21. The van der Waals surface area contributed by atoms with Gasteiger partial charge in [0.2, 0.25) is 0 Å². The number of imidazole rings is 1.